The highest BCUT2D eigenvalue weighted by atomic mass is 32.1. The molecule has 1 aromatic heterocycles. The Morgan fingerprint density at radius 1 is 1.53 bits per heavy atom. The lowest BCUT2D eigenvalue weighted by Gasteiger charge is -2.33. The summed E-state index contributed by atoms with van der Waals surface area (Å²) in [4.78, 5) is 0. The number of hydrogen-bond donors (Lipinski definition) is 1. The largest absolute Gasteiger partial charge is 0.381 e. The molecule has 0 bridgehead atoms. The van der Waals surface area contributed by atoms with E-state index in [0.717, 1.165) is 44.8 Å². The third kappa shape index (κ3) is 3.22. The average molecular weight is 227 g/mol. The van der Waals surface area contributed by atoms with Crippen LogP contribution in [0.1, 0.15) is 25.5 Å². The second kappa shape index (κ2) is 5.01. The van der Waals surface area contributed by atoms with Crippen LogP contribution in [-0.2, 0) is 11.3 Å². The number of hydrogen-bond acceptors (Lipinski definition) is 5. The van der Waals surface area contributed by atoms with Crippen molar-refractivity contribution in [3.05, 3.63) is 11.1 Å². The van der Waals surface area contributed by atoms with Crippen LogP contribution >= 0.6 is 11.5 Å². The van der Waals surface area contributed by atoms with Crippen molar-refractivity contribution in [1.29, 1.82) is 0 Å². The third-order valence-electron chi connectivity index (χ3n) is 2.96. The first-order chi connectivity index (χ1) is 7.29. The first kappa shape index (κ1) is 11.0. The Hall–Kier alpha value is -0.520. The molecule has 84 valence electrons. The van der Waals surface area contributed by atoms with Gasteiger partial charge in [-0.25, -0.2) is 0 Å². The number of ether oxygens (including phenoxy) is 1. The van der Waals surface area contributed by atoms with Crippen molar-refractivity contribution >= 4 is 11.5 Å². The minimum atomic E-state index is 0.391. The second-order valence-corrected chi connectivity index (χ2v) is 5.03. The van der Waals surface area contributed by atoms with E-state index in [4.69, 9.17) is 4.74 Å². The molecule has 1 saturated heterocycles. The van der Waals surface area contributed by atoms with E-state index in [2.05, 4.69) is 21.8 Å². The maximum absolute atomic E-state index is 5.37. The summed E-state index contributed by atoms with van der Waals surface area (Å²) in [6, 6.07) is 0. The van der Waals surface area contributed by atoms with Gasteiger partial charge in [-0.1, -0.05) is 11.4 Å². The molecule has 1 aliphatic heterocycles. The highest BCUT2D eigenvalue weighted by molar-refractivity contribution is 7.03. The molecule has 1 N–H and O–H groups in total. The Bertz CT molecular complexity index is 283. The third-order valence-corrected chi connectivity index (χ3v) is 3.52. The van der Waals surface area contributed by atoms with Crippen LogP contribution in [0.2, 0.25) is 0 Å². The van der Waals surface area contributed by atoms with E-state index in [1.165, 1.54) is 11.5 Å². The minimum absolute atomic E-state index is 0.391. The lowest BCUT2D eigenvalue weighted by Crippen LogP contribution is -2.36. The van der Waals surface area contributed by atoms with E-state index in [9.17, 15) is 0 Å². The van der Waals surface area contributed by atoms with Crippen LogP contribution in [0, 0.1) is 5.41 Å². The predicted molar refractivity (Wildman–Crippen MR) is 59.8 cm³/mol. The van der Waals surface area contributed by atoms with Gasteiger partial charge in [0, 0.05) is 31.7 Å². The Morgan fingerprint density at radius 2 is 2.33 bits per heavy atom. The van der Waals surface area contributed by atoms with Crippen LogP contribution in [-0.4, -0.2) is 29.3 Å². The highest BCUT2D eigenvalue weighted by Gasteiger charge is 2.26. The maximum Gasteiger partial charge on any atom is 0.0893 e. The minimum Gasteiger partial charge on any atom is -0.381 e. The maximum atomic E-state index is 5.37. The predicted octanol–water partition coefficient (Wildman–Crippen LogP) is 1.44. The summed E-state index contributed by atoms with van der Waals surface area (Å²) in [6.45, 7) is 5.98. The van der Waals surface area contributed by atoms with Crippen molar-refractivity contribution in [3.63, 3.8) is 0 Å². The van der Waals surface area contributed by atoms with Crippen molar-refractivity contribution in [2.24, 2.45) is 5.41 Å². The summed E-state index contributed by atoms with van der Waals surface area (Å²) in [5.74, 6) is 0. The molecule has 2 rings (SSSR count). The standard InChI is InChI=1S/C10H17N3OS/c1-10(2-4-14-5-3-10)8-11-6-9-7-15-13-12-9/h7,11H,2-6,8H2,1H3. The molecule has 5 heteroatoms. The topological polar surface area (TPSA) is 47.0 Å². The van der Waals surface area contributed by atoms with E-state index >= 15 is 0 Å². The smallest absolute Gasteiger partial charge is 0.0893 e. The molecule has 15 heavy (non-hydrogen) atoms. The van der Waals surface area contributed by atoms with E-state index in [0.29, 0.717) is 5.41 Å². The van der Waals surface area contributed by atoms with Gasteiger partial charge in [0.25, 0.3) is 0 Å². The van der Waals surface area contributed by atoms with E-state index in [1.807, 2.05) is 5.38 Å². The van der Waals surface area contributed by atoms with Gasteiger partial charge >= 0.3 is 0 Å². The van der Waals surface area contributed by atoms with Crippen LogP contribution in [0.3, 0.4) is 0 Å². The molecule has 1 fully saturated rings. The molecule has 0 spiro atoms. The quantitative estimate of drug-likeness (QED) is 0.845. The lowest BCUT2D eigenvalue weighted by atomic mass is 9.82. The van der Waals surface area contributed by atoms with Gasteiger partial charge in [0.2, 0.25) is 0 Å². The van der Waals surface area contributed by atoms with Gasteiger partial charge in [0.15, 0.2) is 0 Å². The van der Waals surface area contributed by atoms with Crippen LogP contribution in [0.15, 0.2) is 5.38 Å². The van der Waals surface area contributed by atoms with Crippen molar-refractivity contribution in [2.45, 2.75) is 26.3 Å². The Balaban J connectivity index is 1.72. The summed E-state index contributed by atoms with van der Waals surface area (Å²) >= 11 is 1.40. The fourth-order valence-electron chi connectivity index (χ4n) is 1.79. The number of nitrogens with zero attached hydrogens (tertiary/aromatic N) is 2. The number of aromatic nitrogens is 2. The molecule has 0 aromatic carbocycles. The van der Waals surface area contributed by atoms with Crippen molar-refractivity contribution in [3.8, 4) is 0 Å². The fourth-order valence-corrected chi connectivity index (χ4v) is 2.25. The monoisotopic (exact) mass is 227 g/mol. The number of nitrogens with one attached hydrogen (secondary N) is 1. The zero-order valence-corrected chi connectivity index (χ0v) is 9.85. The Kier molecular flexibility index (Phi) is 3.66. The van der Waals surface area contributed by atoms with E-state index in [-0.39, 0.29) is 0 Å². The Morgan fingerprint density at radius 3 is 3.00 bits per heavy atom. The van der Waals surface area contributed by atoms with Gasteiger partial charge in [-0.2, -0.15) is 0 Å². The zero-order valence-electron chi connectivity index (χ0n) is 9.03. The Labute approximate surface area is 94.2 Å². The average Bonchev–Trinajstić information content (AvgIpc) is 2.71. The van der Waals surface area contributed by atoms with E-state index < -0.39 is 0 Å². The van der Waals surface area contributed by atoms with Crippen LogP contribution < -0.4 is 5.32 Å². The van der Waals surface area contributed by atoms with Gasteiger partial charge in [-0.15, -0.1) is 5.10 Å². The number of rotatable bonds is 4. The molecule has 0 saturated carbocycles. The van der Waals surface area contributed by atoms with Crippen LogP contribution in [0.25, 0.3) is 0 Å². The van der Waals surface area contributed by atoms with Gasteiger partial charge in [-0.05, 0) is 29.8 Å². The van der Waals surface area contributed by atoms with Crippen molar-refractivity contribution in [1.82, 2.24) is 14.9 Å². The van der Waals surface area contributed by atoms with Crippen LogP contribution in [0.4, 0.5) is 0 Å². The molecule has 4 nitrogen and oxygen atoms in total. The molecule has 2 heterocycles. The lowest BCUT2D eigenvalue weighted by molar-refractivity contribution is 0.0240. The first-order valence-electron chi connectivity index (χ1n) is 5.33. The SMILES string of the molecule is CC1(CNCc2csnn2)CCOCC1. The fraction of sp³-hybridized carbons (Fsp3) is 0.800. The molecule has 0 aliphatic carbocycles. The summed E-state index contributed by atoms with van der Waals surface area (Å²) < 4.78 is 9.21. The molecule has 0 radical (unpaired) electrons. The molecule has 1 aromatic rings. The zero-order chi connectivity index (χ0) is 10.6. The summed E-state index contributed by atoms with van der Waals surface area (Å²) in [5, 5.41) is 9.43. The second-order valence-electron chi connectivity index (χ2n) is 4.42. The van der Waals surface area contributed by atoms with Gasteiger partial charge < -0.3 is 10.1 Å². The normalized spacial score (nSPS) is 20.3. The molecule has 0 unspecified atom stereocenters. The molecular formula is C10H17N3OS. The van der Waals surface area contributed by atoms with Crippen molar-refractivity contribution in [2.75, 3.05) is 19.8 Å². The van der Waals surface area contributed by atoms with Crippen LogP contribution in [0.5, 0.6) is 0 Å². The molecular weight excluding hydrogens is 210 g/mol. The van der Waals surface area contributed by atoms with Gasteiger partial charge in [-0.3, -0.25) is 0 Å². The van der Waals surface area contributed by atoms with Crippen molar-refractivity contribution < 1.29 is 4.74 Å². The van der Waals surface area contributed by atoms with E-state index in [1.54, 1.807) is 0 Å². The molecule has 1 aliphatic rings. The highest BCUT2D eigenvalue weighted by Crippen LogP contribution is 2.28. The van der Waals surface area contributed by atoms with Gasteiger partial charge in [0.1, 0.15) is 0 Å². The first-order valence-corrected chi connectivity index (χ1v) is 6.17. The summed E-state index contributed by atoms with van der Waals surface area (Å²) in [5.41, 5.74) is 1.43. The van der Waals surface area contributed by atoms with Gasteiger partial charge in [0.05, 0.1) is 5.69 Å². The summed E-state index contributed by atoms with van der Waals surface area (Å²) in [7, 11) is 0. The molecule has 0 atom stereocenters. The summed E-state index contributed by atoms with van der Waals surface area (Å²) in [6.07, 6.45) is 2.30. The molecule has 0 amide bonds.